The molecule has 2 N–H and O–H groups in total. The molecule has 20 heavy (non-hydrogen) atoms. The molecule has 0 saturated carbocycles. The molecule has 2 rings (SSSR count). The van der Waals surface area contributed by atoms with Gasteiger partial charge in [-0.1, -0.05) is 35.9 Å². The van der Waals surface area contributed by atoms with Gasteiger partial charge in [-0.25, -0.2) is 0 Å². The molecule has 1 unspecified atom stereocenters. The van der Waals surface area contributed by atoms with Crippen molar-refractivity contribution < 1.29 is 0 Å². The summed E-state index contributed by atoms with van der Waals surface area (Å²) in [4.78, 5) is 2.25. The number of rotatable bonds is 4. The van der Waals surface area contributed by atoms with E-state index in [2.05, 4.69) is 75.2 Å². The molecule has 0 radical (unpaired) electrons. The van der Waals surface area contributed by atoms with Crippen molar-refractivity contribution in [2.45, 2.75) is 26.8 Å². The summed E-state index contributed by atoms with van der Waals surface area (Å²) >= 11 is 0. The van der Waals surface area contributed by atoms with Crippen LogP contribution in [0.4, 0.5) is 5.69 Å². The van der Waals surface area contributed by atoms with E-state index in [-0.39, 0.29) is 6.04 Å². The fourth-order valence-electron chi connectivity index (χ4n) is 2.45. The molecule has 0 spiro atoms. The Bertz CT molecular complexity index is 572. The third-order valence-electron chi connectivity index (χ3n) is 4.05. The molecule has 0 amide bonds. The number of hydrogen-bond acceptors (Lipinski definition) is 2. The second-order valence-corrected chi connectivity index (χ2v) is 5.54. The van der Waals surface area contributed by atoms with Crippen LogP contribution in [0.2, 0.25) is 0 Å². The Labute approximate surface area is 122 Å². The molecule has 2 aromatic carbocycles. The van der Waals surface area contributed by atoms with Crippen LogP contribution in [0.25, 0.3) is 0 Å². The molecule has 2 heteroatoms. The van der Waals surface area contributed by atoms with E-state index in [0.717, 1.165) is 0 Å². The van der Waals surface area contributed by atoms with Gasteiger partial charge in [0.2, 0.25) is 0 Å². The summed E-state index contributed by atoms with van der Waals surface area (Å²) in [6.45, 7) is 7.00. The Hall–Kier alpha value is -1.80. The van der Waals surface area contributed by atoms with Crippen LogP contribution in [0, 0.1) is 20.8 Å². The van der Waals surface area contributed by atoms with Crippen LogP contribution < -0.4 is 10.6 Å². The zero-order valence-corrected chi connectivity index (χ0v) is 12.9. The molecule has 0 bridgehead atoms. The van der Waals surface area contributed by atoms with Crippen LogP contribution in [-0.2, 0) is 0 Å². The molecule has 0 aliphatic carbocycles. The van der Waals surface area contributed by atoms with Gasteiger partial charge in [0, 0.05) is 19.3 Å². The van der Waals surface area contributed by atoms with Gasteiger partial charge < -0.3 is 10.6 Å². The van der Waals surface area contributed by atoms with E-state index in [1.807, 2.05) is 0 Å². The first-order valence-electron chi connectivity index (χ1n) is 7.09. The van der Waals surface area contributed by atoms with Crippen molar-refractivity contribution in [2.24, 2.45) is 5.73 Å². The summed E-state index contributed by atoms with van der Waals surface area (Å²) in [5.41, 5.74) is 12.4. The smallest absolute Gasteiger partial charge is 0.0661 e. The number of nitrogens with zero attached hydrogens (tertiary/aromatic N) is 1. The maximum Gasteiger partial charge on any atom is 0.0661 e. The highest BCUT2D eigenvalue weighted by atomic mass is 15.1. The lowest BCUT2D eigenvalue weighted by molar-refractivity contribution is 0.680. The Balaban J connectivity index is 2.31. The fourth-order valence-corrected chi connectivity index (χ4v) is 2.45. The number of aryl methyl sites for hydroxylation is 3. The highest BCUT2D eigenvalue weighted by molar-refractivity contribution is 5.49. The van der Waals surface area contributed by atoms with Gasteiger partial charge in [-0.15, -0.1) is 0 Å². The standard InChI is InChI=1S/C18H24N2/c1-13-5-9-17(10-6-13)20(4)18(12-19)16-8-7-14(2)15(3)11-16/h5-11,18H,12,19H2,1-4H3. The first kappa shape index (κ1) is 14.6. The van der Waals surface area contributed by atoms with Gasteiger partial charge in [-0.2, -0.15) is 0 Å². The molecule has 0 aromatic heterocycles. The first-order valence-corrected chi connectivity index (χ1v) is 7.09. The van der Waals surface area contributed by atoms with Crippen LogP contribution in [0.3, 0.4) is 0 Å². The SMILES string of the molecule is Cc1ccc(N(C)C(CN)c2ccc(C)c(C)c2)cc1. The average Bonchev–Trinajstić information content (AvgIpc) is 2.44. The third-order valence-corrected chi connectivity index (χ3v) is 4.05. The number of benzene rings is 2. The molecule has 0 aliphatic heterocycles. The van der Waals surface area contributed by atoms with E-state index in [1.54, 1.807) is 0 Å². The van der Waals surface area contributed by atoms with Gasteiger partial charge in [0.05, 0.1) is 6.04 Å². The maximum absolute atomic E-state index is 6.02. The largest absolute Gasteiger partial charge is 0.366 e. The number of likely N-dealkylation sites (N-methyl/N-ethyl adjacent to an activating group) is 1. The molecule has 0 heterocycles. The minimum absolute atomic E-state index is 0.206. The first-order chi connectivity index (χ1) is 9.52. The predicted molar refractivity (Wildman–Crippen MR) is 87.3 cm³/mol. The molecule has 0 saturated heterocycles. The fraction of sp³-hybridized carbons (Fsp3) is 0.333. The van der Waals surface area contributed by atoms with E-state index < -0.39 is 0 Å². The molecule has 0 aliphatic rings. The van der Waals surface area contributed by atoms with E-state index in [4.69, 9.17) is 5.73 Å². The summed E-state index contributed by atoms with van der Waals surface area (Å²) in [7, 11) is 2.11. The minimum Gasteiger partial charge on any atom is -0.366 e. The minimum atomic E-state index is 0.206. The Morgan fingerprint density at radius 3 is 2.15 bits per heavy atom. The van der Waals surface area contributed by atoms with Crippen molar-refractivity contribution in [2.75, 3.05) is 18.5 Å². The van der Waals surface area contributed by atoms with Crippen molar-refractivity contribution in [3.63, 3.8) is 0 Å². The molecule has 2 aromatic rings. The summed E-state index contributed by atoms with van der Waals surface area (Å²) in [5, 5.41) is 0. The highest BCUT2D eigenvalue weighted by Crippen LogP contribution is 2.26. The maximum atomic E-state index is 6.02. The summed E-state index contributed by atoms with van der Waals surface area (Å²) < 4.78 is 0. The third kappa shape index (κ3) is 3.02. The lowest BCUT2D eigenvalue weighted by atomic mass is 9.99. The van der Waals surface area contributed by atoms with Gasteiger partial charge in [-0.3, -0.25) is 0 Å². The molecule has 0 fully saturated rings. The van der Waals surface area contributed by atoms with Crippen molar-refractivity contribution in [3.8, 4) is 0 Å². The van der Waals surface area contributed by atoms with Crippen LogP contribution >= 0.6 is 0 Å². The Morgan fingerprint density at radius 1 is 0.950 bits per heavy atom. The quantitative estimate of drug-likeness (QED) is 0.915. The lowest BCUT2D eigenvalue weighted by Crippen LogP contribution is -2.30. The zero-order valence-electron chi connectivity index (χ0n) is 12.9. The van der Waals surface area contributed by atoms with Crippen LogP contribution in [0.1, 0.15) is 28.3 Å². The second-order valence-electron chi connectivity index (χ2n) is 5.54. The van der Waals surface area contributed by atoms with E-state index >= 15 is 0 Å². The van der Waals surface area contributed by atoms with Gasteiger partial charge in [0.1, 0.15) is 0 Å². The Kier molecular flexibility index (Phi) is 4.46. The molecular weight excluding hydrogens is 244 g/mol. The number of hydrogen-bond donors (Lipinski definition) is 1. The van der Waals surface area contributed by atoms with Crippen LogP contribution in [0.5, 0.6) is 0 Å². The lowest BCUT2D eigenvalue weighted by Gasteiger charge is -2.30. The average molecular weight is 268 g/mol. The van der Waals surface area contributed by atoms with E-state index in [1.165, 1.54) is 27.9 Å². The van der Waals surface area contributed by atoms with Crippen LogP contribution in [0.15, 0.2) is 42.5 Å². The van der Waals surface area contributed by atoms with Gasteiger partial charge in [0.25, 0.3) is 0 Å². The van der Waals surface area contributed by atoms with Crippen molar-refractivity contribution in [3.05, 3.63) is 64.7 Å². The predicted octanol–water partition coefficient (Wildman–Crippen LogP) is 3.75. The molecule has 1 atom stereocenters. The highest BCUT2D eigenvalue weighted by Gasteiger charge is 2.16. The zero-order chi connectivity index (χ0) is 14.7. The normalized spacial score (nSPS) is 12.2. The molecular formula is C18H24N2. The monoisotopic (exact) mass is 268 g/mol. The van der Waals surface area contributed by atoms with Gasteiger partial charge in [0.15, 0.2) is 0 Å². The van der Waals surface area contributed by atoms with Crippen molar-refractivity contribution in [1.82, 2.24) is 0 Å². The van der Waals surface area contributed by atoms with Crippen molar-refractivity contribution in [1.29, 1.82) is 0 Å². The molecule has 2 nitrogen and oxygen atoms in total. The van der Waals surface area contributed by atoms with Crippen molar-refractivity contribution >= 4 is 5.69 Å². The number of anilines is 1. The summed E-state index contributed by atoms with van der Waals surface area (Å²) in [6, 6.07) is 15.4. The van der Waals surface area contributed by atoms with E-state index in [0.29, 0.717) is 6.54 Å². The number of nitrogens with two attached hydrogens (primary N) is 1. The summed E-state index contributed by atoms with van der Waals surface area (Å²) in [5.74, 6) is 0. The summed E-state index contributed by atoms with van der Waals surface area (Å²) in [6.07, 6.45) is 0. The Morgan fingerprint density at radius 2 is 1.60 bits per heavy atom. The topological polar surface area (TPSA) is 29.3 Å². The van der Waals surface area contributed by atoms with Crippen LogP contribution in [-0.4, -0.2) is 13.6 Å². The second kappa shape index (κ2) is 6.10. The van der Waals surface area contributed by atoms with E-state index in [9.17, 15) is 0 Å². The van der Waals surface area contributed by atoms with Gasteiger partial charge >= 0.3 is 0 Å². The van der Waals surface area contributed by atoms with Gasteiger partial charge in [-0.05, 0) is 49.6 Å². The molecule has 106 valence electrons.